The Hall–Kier alpha value is -1.14. The van der Waals surface area contributed by atoms with E-state index in [4.69, 9.17) is 17.1 Å². The van der Waals surface area contributed by atoms with Crippen molar-refractivity contribution in [3.8, 4) is 0 Å². The second-order valence-electron chi connectivity index (χ2n) is 11.1. The molecule has 14 heteroatoms. The summed E-state index contributed by atoms with van der Waals surface area (Å²) in [5.41, 5.74) is 0.897. The summed E-state index contributed by atoms with van der Waals surface area (Å²) in [5, 5.41) is 27.7. The van der Waals surface area contributed by atoms with Crippen LogP contribution in [0.1, 0.15) is 32.6 Å². The first-order valence-electron chi connectivity index (χ1n) is 12.3. The zero-order chi connectivity index (χ0) is 28.2. The number of carboxylic acids is 3. The van der Waals surface area contributed by atoms with Gasteiger partial charge in [-0.2, -0.15) is 0 Å². The van der Waals surface area contributed by atoms with Gasteiger partial charge in [0.25, 0.3) is 0 Å². The Balaban J connectivity index is 6.17. The number of hydrogen-bond acceptors (Lipinski definition) is 7. The molecule has 0 saturated carbocycles. The van der Waals surface area contributed by atoms with E-state index in [0.29, 0.717) is 43.8 Å². The van der Waals surface area contributed by atoms with Gasteiger partial charge in [-0.1, -0.05) is 12.2 Å². The Bertz CT molecular complexity index is 676. The topological polar surface area (TPSA) is 149 Å². The zero-order valence-electron chi connectivity index (χ0n) is 23.0. The van der Waals surface area contributed by atoms with E-state index < -0.39 is 51.7 Å². The summed E-state index contributed by atoms with van der Waals surface area (Å²) >= 11 is 0. The number of carboxylic acid groups (broad SMARTS) is 3. The molecule has 0 bridgehead atoms. The number of carbonyl (C=O) groups is 3. The molecule has 0 aromatic rings. The maximum absolute atomic E-state index is 11.3. The minimum atomic E-state index is -3.49. The average Bonchev–Trinajstić information content (AvgIpc) is 2.68. The molecule has 0 heterocycles. The van der Waals surface area contributed by atoms with Crippen LogP contribution in [-0.4, -0.2) is 80.2 Å². The van der Waals surface area contributed by atoms with Gasteiger partial charge in [-0.25, -0.2) is 0 Å². The molecule has 36 heavy (non-hydrogen) atoms. The summed E-state index contributed by atoms with van der Waals surface area (Å²) in [5.74, 6) is -2.73. The number of ether oxygens (including phenoxy) is 1. The summed E-state index contributed by atoms with van der Waals surface area (Å²) in [6, 6.07) is 1.51. The van der Waals surface area contributed by atoms with Crippen molar-refractivity contribution in [1.29, 1.82) is 0 Å². The maximum atomic E-state index is 11.3. The van der Waals surface area contributed by atoms with Crippen LogP contribution in [0.3, 0.4) is 0 Å². The molecule has 10 nitrogen and oxygen atoms in total. The molecule has 0 unspecified atom stereocenters. The first-order valence-corrected chi connectivity index (χ1v) is 23.5. The van der Waals surface area contributed by atoms with Crippen LogP contribution in [0.4, 0.5) is 0 Å². The molecule has 0 spiro atoms. The second kappa shape index (κ2) is 15.3. The van der Waals surface area contributed by atoms with Gasteiger partial charge in [0.1, 0.15) is 0 Å². The molecule has 0 aliphatic carbocycles. The Morgan fingerprint density at radius 1 is 0.667 bits per heavy atom. The standard InChI is InChI=1S/C22H46O10Si4/c1-19(2)18-29-13-9-14-36(30-33(3,4)15-10-20(23)24,31-34(5,6)16-11-21(25)26)32-35(7,8)17-12-22(27)28/h1,9-18H2,2-8H3,(H,23,24)(H,25,26)(H,27,28). The lowest BCUT2D eigenvalue weighted by Crippen LogP contribution is -2.62. The second-order valence-corrected chi connectivity index (χ2v) is 27.4. The lowest BCUT2D eigenvalue weighted by Gasteiger charge is -2.45. The fourth-order valence-corrected chi connectivity index (χ4v) is 20.7. The number of aliphatic carboxylic acids is 3. The van der Waals surface area contributed by atoms with E-state index >= 15 is 0 Å². The van der Waals surface area contributed by atoms with E-state index in [0.717, 1.165) is 5.57 Å². The Morgan fingerprint density at radius 3 is 1.28 bits per heavy atom. The average molecular weight is 583 g/mol. The molecule has 0 radical (unpaired) electrons. The molecule has 0 fully saturated rings. The van der Waals surface area contributed by atoms with Gasteiger partial charge in [0.05, 0.1) is 6.61 Å². The van der Waals surface area contributed by atoms with Crippen molar-refractivity contribution < 1.29 is 46.8 Å². The lowest BCUT2D eigenvalue weighted by molar-refractivity contribution is -0.137. The van der Waals surface area contributed by atoms with E-state index in [9.17, 15) is 29.7 Å². The van der Waals surface area contributed by atoms with Crippen molar-refractivity contribution in [1.82, 2.24) is 0 Å². The third kappa shape index (κ3) is 17.3. The molecule has 0 amide bonds. The van der Waals surface area contributed by atoms with Gasteiger partial charge in [-0.3, -0.25) is 14.4 Å². The van der Waals surface area contributed by atoms with E-state index in [-0.39, 0.29) is 19.3 Å². The molecule has 210 valence electrons. The van der Waals surface area contributed by atoms with Crippen molar-refractivity contribution in [2.24, 2.45) is 0 Å². The van der Waals surface area contributed by atoms with Crippen molar-refractivity contribution in [3.63, 3.8) is 0 Å². The highest BCUT2D eigenvalue weighted by Gasteiger charge is 2.52. The highest BCUT2D eigenvalue weighted by atomic mass is 28.5. The zero-order valence-corrected chi connectivity index (χ0v) is 27.0. The van der Waals surface area contributed by atoms with Crippen LogP contribution in [-0.2, 0) is 31.5 Å². The summed E-state index contributed by atoms with van der Waals surface area (Å²) in [6.45, 7) is 18.1. The highest BCUT2D eigenvalue weighted by molar-refractivity contribution is 6.90. The molecule has 0 atom stereocenters. The first kappa shape index (κ1) is 34.9. The molecule has 0 aromatic carbocycles. The van der Waals surface area contributed by atoms with Gasteiger partial charge in [-0.05, 0) is 70.8 Å². The first-order chi connectivity index (χ1) is 16.3. The van der Waals surface area contributed by atoms with E-state index in [1.807, 2.05) is 46.2 Å². The number of rotatable bonds is 21. The fraction of sp³-hybridized carbons (Fsp3) is 0.773. The van der Waals surface area contributed by atoms with E-state index in [1.165, 1.54) is 0 Å². The van der Waals surface area contributed by atoms with Gasteiger partial charge in [-0.15, -0.1) is 0 Å². The Kier molecular flexibility index (Phi) is 14.8. The van der Waals surface area contributed by atoms with Gasteiger partial charge in [0.15, 0.2) is 25.0 Å². The van der Waals surface area contributed by atoms with Gasteiger partial charge in [0.2, 0.25) is 0 Å². The Labute approximate surface area is 219 Å². The third-order valence-corrected chi connectivity index (χ3v) is 20.9. The molecule has 3 N–H and O–H groups in total. The predicted molar refractivity (Wildman–Crippen MR) is 148 cm³/mol. The van der Waals surface area contributed by atoms with E-state index in [1.54, 1.807) is 0 Å². The number of hydrogen-bond donors (Lipinski definition) is 3. The van der Waals surface area contributed by atoms with Crippen molar-refractivity contribution >= 4 is 51.7 Å². The molecule has 0 aliphatic heterocycles. The lowest BCUT2D eigenvalue weighted by atomic mass is 10.4. The normalized spacial score (nSPS) is 13.0. The van der Waals surface area contributed by atoms with Crippen LogP contribution in [0, 0.1) is 0 Å². The molecule has 0 aromatic heterocycles. The highest BCUT2D eigenvalue weighted by Crippen LogP contribution is 2.34. The van der Waals surface area contributed by atoms with E-state index in [2.05, 4.69) is 6.58 Å². The molecular formula is C22H46O10Si4. The quantitative estimate of drug-likeness (QED) is 0.0959. The van der Waals surface area contributed by atoms with Crippen LogP contribution in [0.25, 0.3) is 0 Å². The van der Waals surface area contributed by atoms with Gasteiger partial charge < -0.3 is 32.4 Å². The largest absolute Gasteiger partial charge is 0.481 e. The predicted octanol–water partition coefficient (Wildman–Crippen LogP) is 5.00. The van der Waals surface area contributed by atoms with Crippen LogP contribution < -0.4 is 0 Å². The molecule has 0 rings (SSSR count). The molecule has 0 saturated heterocycles. The summed E-state index contributed by atoms with van der Waals surface area (Å²) in [4.78, 5) is 33.8. The fourth-order valence-electron chi connectivity index (χ4n) is 3.49. The van der Waals surface area contributed by atoms with Crippen LogP contribution in [0.2, 0.25) is 63.5 Å². The van der Waals surface area contributed by atoms with Crippen molar-refractivity contribution in [3.05, 3.63) is 12.2 Å². The summed E-state index contributed by atoms with van der Waals surface area (Å²) in [7, 11) is -11.3. The monoisotopic (exact) mass is 582 g/mol. The van der Waals surface area contributed by atoms with Gasteiger partial charge >= 0.3 is 26.7 Å². The van der Waals surface area contributed by atoms with Gasteiger partial charge in [0, 0.05) is 31.9 Å². The SMILES string of the molecule is C=C(C)COCCC[Si](O[Si](C)(C)CCC(=O)O)(O[Si](C)(C)CCC(=O)O)O[Si](C)(C)CCC(=O)O. The van der Waals surface area contributed by atoms with Crippen molar-refractivity contribution in [2.75, 3.05) is 13.2 Å². The summed E-state index contributed by atoms with van der Waals surface area (Å²) in [6.07, 6.45) is 0.455. The smallest absolute Gasteiger partial charge is 0.469 e. The van der Waals surface area contributed by atoms with Crippen molar-refractivity contribution in [2.45, 2.75) is 96.1 Å². The molecular weight excluding hydrogens is 537 g/mol. The maximum Gasteiger partial charge on any atom is 0.469 e. The van der Waals surface area contributed by atoms with Crippen LogP contribution in [0.15, 0.2) is 12.2 Å². The van der Waals surface area contributed by atoms with Crippen LogP contribution in [0.5, 0.6) is 0 Å². The minimum Gasteiger partial charge on any atom is -0.481 e. The Morgan fingerprint density at radius 2 is 1.00 bits per heavy atom. The van der Waals surface area contributed by atoms with Crippen LogP contribution >= 0.6 is 0 Å². The summed E-state index contributed by atoms with van der Waals surface area (Å²) < 4.78 is 26.0. The molecule has 0 aliphatic rings. The third-order valence-electron chi connectivity index (χ3n) is 5.24. The minimum absolute atomic E-state index is 0.0366.